The number of nitrogens with zero attached hydrogens (tertiary/aromatic N) is 1. The minimum atomic E-state index is -3.42. The van der Waals surface area contributed by atoms with Crippen molar-refractivity contribution >= 4 is 22.4 Å². The summed E-state index contributed by atoms with van der Waals surface area (Å²) < 4.78 is 27.1. The van der Waals surface area contributed by atoms with Crippen molar-refractivity contribution in [2.24, 2.45) is 5.73 Å². The highest BCUT2D eigenvalue weighted by Crippen LogP contribution is 2.30. The van der Waals surface area contributed by atoms with Crippen LogP contribution in [0.3, 0.4) is 0 Å². The van der Waals surface area contributed by atoms with Crippen molar-refractivity contribution < 1.29 is 8.42 Å². The van der Waals surface area contributed by atoms with Gasteiger partial charge in [0.25, 0.3) is 0 Å². The molecule has 1 aliphatic heterocycles. The highest BCUT2D eigenvalue weighted by molar-refractivity contribution is 7.89. The lowest BCUT2D eigenvalue weighted by Crippen LogP contribution is -2.33. The summed E-state index contributed by atoms with van der Waals surface area (Å²) in [5.41, 5.74) is 9.57. The van der Waals surface area contributed by atoms with Crippen LogP contribution in [0.1, 0.15) is 28.7 Å². The Morgan fingerprint density at radius 1 is 1.15 bits per heavy atom. The minimum Gasteiger partial charge on any atom is -0.326 e. The number of hydrogen-bond acceptors (Lipinski definition) is 3. The molecule has 1 saturated heterocycles. The van der Waals surface area contributed by atoms with Crippen LogP contribution in [-0.4, -0.2) is 31.9 Å². The van der Waals surface area contributed by atoms with E-state index in [-0.39, 0.29) is 18.4 Å². The predicted octanol–water partition coefficient (Wildman–Crippen LogP) is 2.06. The molecule has 1 heterocycles. The largest absolute Gasteiger partial charge is 0.326 e. The molecule has 20 heavy (non-hydrogen) atoms. The molecule has 6 heteroatoms. The van der Waals surface area contributed by atoms with E-state index >= 15 is 0 Å². The number of benzene rings is 1. The summed E-state index contributed by atoms with van der Waals surface area (Å²) in [6, 6.07) is 2.00. The lowest BCUT2D eigenvalue weighted by atomic mass is 10.0. The van der Waals surface area contributed by atoms with Gasteiger partial charge in [-0.1, -0.05) is 6.07 Å². The maximum atomic E-state index is 12.8. The van der Waals surface area contributed by atoms with Crippen LogP contribution in [0.25, 0.3) is 0 Å². The Hall–Kier alpha value is -0.620. The van der Waals surface area contributed by atoms with E-state index in [4.69, 9.17) is 5.73 Å². The van der Waals surface area contributed by atoms with Gasteiger partial charge in [-0.25, -0.2) is 8.42 Å². The first-order chi connectivity index (χ1) is 8.75. The van der Waals surface area contributed by atoms with Crippen molar-refractivity contribution in [2.75, 3.05) is 13.1 Å². The quantitative estimate of drug-likeness (QED) is 0.908. The van der Waals surface area contributed by atoms with Crippen molar-refractivity contribution in [1.29, 1.82) is 0 Å². The molecule has 1 fully saturated rings. The second kappa shape index (κ2) is 6.02. The zero-order chi connectivity index (χ0) is 14.4. The van der Waals surface area contributed by atoms with Crippen molar-refractivity contribution in [3.05, 3.63) is 28.3 Å². The molecule has 0 aliphatic carbocycles. The molecule has 0 spiro atoms. The fourth-order valence-electron chi connectivity index (χ4n) is 2.67. The molecule has 1 aliphatic rings. The summed E-state index contributed by atoms with van der Waals surface area (Å²) in [4.78, 5) is 0.471. The molecule has 2 rings (SSSR count). The van der Waals surface area contributed by atoms with E-state index in [0.717, 1.165) is 28.7 Å². The lowest BCUT2D eigenvalue weighted by Gasteiger charge is -2.21. The van der Waals surface area contributed by atoms with Gasteiger partial charge in [-0.3, -0.25) is 0 Å². The summed E-state index contributed by atoms with van der Waals surface area (Å²) in [5, 5.41) is 0. The number of hydrogen-bond donors (Lipinski definition) is 1. The van der Waals surface area contributed by atoms with E-state index in [1.165, 1.54) is 4.31 Å². The van der Waals surface area contributed by atoms with E-state index in [2.05, 4.69) is 0 Å². The summed E-state index contributed by atoms with van der Waals surface area (Å²) in [6.07, 6.45) is 0.738. The first-order valence-corrected chi connectivity index (χ1v) is 8.02. The van der Waals surface area contributed by atoms with Crippen LogP contribution in [0, 0.1) is 27.7 Å². The summed E-state index contributed by atoms with van der Waals surface area (Å²) in [5.74, 6) is 0. The number of rotatable bonds is 2. The van der Waals surface area contributed by atoms with Crippen molar-refractivity contribution in [3.63, 3.8) is 0 Å². The fraction of sp³-hybridized carbons (Fsp3) is 0.571. The van der Waals surface area contributed by atoms with Crippen molar-refractivity contribution in [3.8, 4) is 0 Å². The van der Waals surface area contributed by atoms with Gasteiger partial charge in [0.2, 0.25) is 10.0 Å². The number of nitrogens with two attached hydrogens (primary N) is 1. The zero-order valence-corrected chi connectivity index (χ0v) is 14.1. The van der Waals surface area contributed by atoms with Gasteiger partial charge in [0.15, 0.2) is 0 Å². The Morgan fingerprint density at radius 3 is 2.05 bits per heavy atom. The van der Waals surface area contributed by atoms with Crippen molar-refractivity contribution in [1.82, 2.24) is 4.31 Å². The second-order valence-electron chi connectivity index (χ2n) is 5.50. The van der Waals surface area contributed by atoms with Gasteiger partial charge >= 0.3 is 0 Å². The fourth-order valence-corrected chi connectivity index (χ4v) is 4.76. The monoisotopic (exact) mass is 318 g/mol. The van der Waals surface area contributed by atoms with E-state index in [0.29, 0.717) is 18.0 Å². The standard InChI is InChI=1S/C14H22N2O2S.ClH/c1-9-7-10(2)12(4)14(11(9)3)19(17,18)16-6-5-13(15)8-16;/h7,13H,5-6,8,15H2,1-4H3;1H/t13-;/m1./s1. The lowest BCUT2D eigenvalue weighted by molar-refractivity contribution is 0.471. The van der Waals surface area contributed by atoms with Crippen LogP contribution in [0.2, 0.25) is 0 Å². The number of aryl methyl sites for hydroxylation is 2. The van der Waals surface area contributed by atoms with Crippen LogP contribution in [0.4, 0.5) is 0 Å². The Labute approximate surface area is 127 Å². The molecule has 0 radical (unpaired) electrons. The zero-order valence-electron chi connectivity index (χ0n) is 12.4. The molecular weight excluding hydrogens is 296 g/mol. The highest BCUT2D eigenvalue weighted by atomic mass is 35.5. The van der Waals surface area contributed by atoms with Gasteiger partial charge < -0.3 is 5.73 Å². The maximum absolute atomic E-state index is 12.8. The van der Waals surface area contributed by atoms with Crippen LogP contribution in [0.5, 0.6) is 0 Å². The number of halogens is 1. The molecule has 1 aromatic carbocycles. The molecule has 0 amide bonds. The highest BCUT2D eigenvalue weighted by Gasteiger charge is 2.33. The van der Waals surface area contributed by atoms with Gasteiger partial charge in [-0.2, -0.15) is 4.31 Å². The molecule has 0 aromatic heterocycles. The van der Waals surface area contributed by atoms with E-state index in [9.17, 15) is 8.42 Å². The minimum absolute atomic E-state index is 0. The molecule has 0 unspecified atom stereocenters. The Morgan fingerprint density at radius 2 is 1.65 bits per heavy atom. The van der Waals surface area contributed by atoms with Crippen LogP contribution in [-0.2, 0) is 10.0 Å². The van der Waals surface area contributed by atoms with E-state index < -0.39 is 10.0 Å². The molecule has 0 bridgehead atoms. The molecule has 0 saturated carbocycles. The molecule has 2 N–H and O–H groups in total. The first kappa shape index (κ1) is 17.4. The molecular formula is C14H23ClN2O2S. The van der Waals surface area contributed by atoms with E-state index in [1.807, 2.05) is 33.8 Å². The summed E-state index contributed by atoms with van der Waals surface area (Å²) >= 11 is 0. The van der Waals surface area contributed by atoms with Gasteiger partial charge in [0, 0.05) is 19.1 Å². The molecule has 4 nitrogen and oxygen atoms in total. The summed E-state index contributed by atoms with van der Waals surface area (Å²) in [6.45, 7) is 8.62. The van der Waals surface area contributed by atoms with Gasteiger partial charge in [-0.05, 0) is 56.4 Å². The molecule has 114 valence electrons. The third kappa shape index (κ3) is 2.86. The normalized spacial score (nSPS) is 19.9. The Balaban J connectivity index is 0.00000200. The molecule has 1 aromatic rings. The average molecular weight is 319 g/mol. The summed E-state index contributed by atoms with van der Waals surface area (Å²) in [7, 11) is -3.42. The second-order valence-corrected chi connectivity index (χ2v) is 7.38. The average Bonchev–Trinajstić information content (AvgIpc) is 2.74. The van der Waals surface area contributed by atoms with Gasteiger partial charge in [0.1, 0.15) is 0 Å². The first-order valence-electron chi connectivity index (χ1n) is 6.58. The smallest absolute Gasteiger partial charge is 0.243 e. The van der Waals surface area contributed by atoms with E-state index in [1.54, 1.807) is 0 Å². The Kier molecular flexibility index (Phi) is 5.24. The van der Waals surface area contributed by atoms with Crippen LogP contribution in [0.15, 0.2) is 11.0 Å². The van der Waals surface area contributed by atoms with Gasteiger partial charge in [-0.15, -0.1) is 12.4 Å². The number of sulfonamides is 1. The predicted molar refractivity (Wildman–Crippen MR) is 84.0 cm³/mol. The Bertz CT molecular complexity index is 588. The maximum Gasteiger partial charge on any atom is 0.243 e. The van der Waals surface area contributed by atoms with Crippen molar-refractivity contribution in [2.45, 2.75) is 45.1 Å². The topological polar surface area (TPSA) is 63.4 Å². The van der Waals surface area contributed by atoms with Crippen LogP contribution < -0.4 is 5.73 Å². The SMILES string of the molecule is Cc1cc(C)c(C)c(S(=O)(=O)N2CC[C@@H](N)C2)c1C.Cl. The van der Waals surface area contributed by atoms with Crippen LogP contribution >= 0.6 is 12.4 Å². The third-order valence-corrected chi connectivity index (χ3v) is 6.22. The third-order valence-electron chi connectivity index (χ3n) is 4.08. The van der Waals surface area contributed by atoms with Gasteiger partial charge in [0.05, 0.1) is 4.90 Å². The molecule has 1 atom stereocenters.